The first kappa shape index (κ1) is 35.9. The van der Waals surface area contributed by atoms with Crippen LogP contribution in [-0.4, -0.2) is 55.6 Å². The zero-order valence-electron chi connectivity index (χ0n) is 24.0. The number of esters is 1. The SMILES string of the molecule is CC.COC(=O)CCNC(=O)CNC(=O)c1cccc(NC(=O)OC(C)(C)C)c1.Cc1cccc(Cl)c1C(N)=O. The number of benzene rings is 2. The normalized spacial score (nSPS) is 9.90. The van der Waals surface area contributed by atoms with Gasteiger partial charge in [-0.05, 0) is 57.5 Å². The van der Waals surface area contributed by atoms with E-state index < -0.39 is 35.4 Å². The lowest BCUT2D eigenvalue weighted by atomic mass is 10.1. The number of nitrogens with one attached hydrogen (secondary N) is 3. The van der Waals surface area contributed by atoms with E-state index in [0.29, 0.717) is 16.3 Å². The summed E-state index contributed by atoms with van der Waals surface area (Å²) in [5, 5.41) is 7.90. The maximum Gasteiger partial charge on any atom is 0.412 e. The molecule has 0 saturated heterocycles. The van der Waals surface area contributed by atoms with Gasteiger partial charge in [-0.2, -0.15) is 0 Å². The number of carbonyl (C=O) groups excluding carboxylic acids is 5. The van der Waals surface area contributed by atoms with Crippen LogP contribution >= 0.6 is 11.6 Å². The highest BCUT2D eigenvalue weighted by Gasteiger charge is 2.17. The summed E-state index contributed by atoms with van der Waals surface area (Å²) in [6, 6.07) is 11.4. The van der Waals surface area contributed by atoms with Crippen molar-refractivity contribution in [3.63, 3.8) is 0 Å². The summed E-state index contributed by atoms with van der Waals surface area (Å²) >= 11 is 5.72. The number of primary amides is 1. The highest BCUT2D eigenvalue weighted by atomic mass is 35.5. The van der Waals surface area contributed by atoms with E-state index in [2.05, 4.69) is 20.7 Å². The first-order chi connectivity index (χ1) is 18.7. The minimum absolute atomic E-state index is 0.0502. The van der Waals surface area contributed by atoms with Crippen LogP contribution in [-0.2, 0) is 19.1 Å². The van der Waals surface area contributed by atoms with Crippen molar-refractivity contribution in [3.05, 3.63) is 64.2 Å². The lowest BCUT2D eigenvalue weighted by molar-refractivity contribution is -0.140. The molecule has 2 aromatic rings. The maximum atomic E-state index is 12.1. The Balaban J connectivity index is 0.000000968. The summed E-state index contributed by atoms with van der Waals surface area (Å²) in [5.41, 5.74) is 6.33. The average Bonchev–Trinajstić information content (AvgIpc) is 2.87. The molecule has 2 rings (SSSR count). The Labute approximate surface area is 240 Å². The molecule has 0 bridgehead atoms. The lowest BCUT2D eigenvalue weighted by Crippen LogP contribution is -2.37. The molecule has 12 heteroatoms. The van der Waals surface area contributed by atoms with Gasteiger partial charge in [0.05, 0.1) is 30.7 Å². The number of anilines is 1. The maximum absolute atomic E-state index is 12.1. The van der Waals surface area contributed by atoms with Gasteiger partial charge in [0.25, 0.3) is 5.91 Å². The second-order valence-corrected chi connectivity index (χ2v) is 9.27. The number of ether oxygens (including phenoxy) is 2. The number of nitrogens with two attached hydrogens (primary N) is 1. The summed E-state index contributed by atoms with van der Waals surface area (Å²) in [6.45, 7) is 10.9. The second-order valence-electron chi connectivity index (χ2n) is 8.86. The van der Waals surface area contributed by atoms with Crippen LogP contribution in [0.5, 0.6) is 0 Å². The molecule has 0 radical (unpaired) electrons. The van der Waals surface area contributed by atoms with Crippen molar-refractivity contribution in [2.45, 2.75) is 53.6 Å². The molecule has 0 heterocycles. The predicted molar refractivity (Wildman–Crippen MR) is 154 cm³/mol. The molecule has 0 aliphatic carbocycles. The van der Waals surface area contributed by atoms with E-state index in [0.717, 1.165) is 5.56 Å². The fourth-order valence-electron chi connectivity index (χ4n) is 2.83. The van der Waals surface area contributed by atoms with Crippen molar-refractivity contribution in [2.24, 2.45) is 5.73 Å². The molecule has 5 N–H and O–H groups in total. The molecule has 4 amide bonds. The van der Waals surface area contributed by atoms with Crippen molar-refractivity contribution in [1.29, 1.82) is 0 Å². The van der Waals surface area contributed by atoms with E-state index in [1.165, 1.54) is 13.2 Å². The minimum atomic E-state index is -0.639. The van der Waals surface area contributed by atoms with Crippen molar-refractivity contribution in [3.8, 4) is 0 Å². The van der Waals surface area contributed by atoms with Gasteiger partial charge in [-0.1, -0.05) is 43.6 Å². The number of rotatable bonds is 8. The minimum Gasteiger partial charge on any atom is -0.469 e. The summed E-state index contributed by atoms with van der Waals surface area (Å²) < 4.78 is 9.60. The van der Waals surface area contributed by atoms with Gasteiger partial charge < -0.3 is 25.8 Å². The number of amides is 4. The van der Waals surface area contributed by atoms with Gasteiger partial charge in [-0.25, -0.2) is 4.79 Å². The van der Waals surface area contributed by atoms with Crippen molar-refractivity contribution < 1.29 is 33.4 Å². The van der Waals surface area contributed by atoms with Gasteiger partial charge in [-0.15, -0.1) is 0 Å². The van der Waals surface area contributed by atoms with Gasteiger partial charge in [-0.3, -0.25) is 24.5 Å². The Kier molecular flexibility index (Phi) is 16.3. The first-order valence-electron chi connectivity index (χ1n) is 12.5. The Morgan fingerprint density at radius 2 is 1.60 bits per heavy atom. The summed E-state index contributed by atoms with van der Waals surface area (Å²) in [6.07, 6.45) is -0.584. The van der Waals surface area contributed by atoms with Crippen molar-refractivity contribution in [1.82, 2.24) is 10.6 Å². The molecular formula is C28H39ClN4O7. The monoisotopic (exact) mass is 578 g/mol. The van der Waals surface area contributed by atoms with Crippen LogP contribution in [0.3, 0.4) is 0 Å². The summed E-state index contributed by atoms with van der Waals surface area (Å²) in [5.74, 6) is -1.83. The van der Waals surface area contributed by atoms with Crippen LogP contribution in [0.25, 0.3) is 0 Å². The molecule has 2 aromatic carbocycles. The molecule has 0 unspecified atom stereocenters. The van der Waals surface area contributed by atoms with E-state index in [-0.39, 0.29) is 25.1 Å². The fraction of sp³-hybridized carbons (Fsp3) is 0.393. The Morgan fingerprint density at radius 3 is 2.12 bits per heavy atom. The van der Waals surface area contributed by atoms with Gasteiger partial charge in [0.2, 0.25) is 11.8 Å². The largest absolute Gasteiger partial charge is 0.469 e. The van der Waals surface area contributed by atoms with Crippen molar-refractivity contribution in [2.75, 3.05) is 25.5 Å². The van der Waals surface area contributed by atoms with E-state index >= 15 is 0 Å². The Bertz CT molecular complexity index is 1140. The average molecular weight is 579 g/mol. The molecule has 220 valence electrons. The standard InChI is InChI=1S/C18H25N3O6.C8H8ClNO.C2H6/c1-18(2,3)27-17(25)21-13-7-5-6-12(10-13)16(24)20-11-14(22)19-9-8-15(23)26-4;1-5-3-2-4-6(9)7(5)8(10)11;1-2/h5-7,10H,8-9,11H2,1-4H3,(H,19,22)(H,20,24)(H,21,25);2-4H,1H3,(H2,10,11);1-2H3. The van der Waals surface area contributed by atoms with E-state index in [9.17, 15) is 24.0 Å². The van der Waals surface area contributed by atoms with Crippen LogP contribution in [0.1, 0.15) is 67.3 Å². The first-order valence-corrected chi connectivity index (χ1v) is 12.9. The zero-order chi connectivity index (χ0) is 30.9. The molecule has 0 aliphatic heterocycles. The second kappa shape index (κ2) is 18.2. The topological polar surface area (TPSA) is 166 Å². The van der Waals surface area contributed by atoms with E-state index in [1.54, 1.807) is 64.1 Å². The fourth-order valence-corrected chi connectivity index (χ4v) is 3.15. The number of hydrogen-bond acceptors (Lipinski definition) is 7. The van der Waals surface area contributed by atoms with Crippen LogP contribution in [0.15, 0.2) is 42.5 Å². The van der Waals surface area contributed by atoms with Crippen LogP contribution < -0.4 is 21.7 Å². The highest BCUT2D eigenvalue weighted by molar-refractivity contribution is 6.34. The molecule has 0 atom stereocenters. The Morgan fingerprint density at radius 1 is 0.975 bits per heavy atom. The molecule has 11 nitrogen and oxygen atoms in total. The number of aryl methyl sites for hydroxylation is 1. The van der Waals surface area contributed by atoms with Crippen LogP contribution in [0, 0.1) is 6.92 Å². The van der Waals surface area contributed by atoms with Gasteiger partial charge in [0, 0.05) is 17.8 Å². The molecular weight excluding hydrogens is 540 g/mol. The lowest BCUT2D eigenvalue weighted by Gasteiger charge is -2.19. The molecule has 0 fully saturated rings. The number of methoxy groups -OCH3 is 1. The van der Waals surface area contributed by atoms with E-state index in [1.807, 2.05) is 13.8 Å². The van der Waals surface area contributed by atoms with Gasteiger partial charge in [0.15, 0.2) is 0 Å². The van der Waals surface area contributed by atoms with E-state index in [4.69, 9.17) is 22.1 Å². The Hall–Kier alpha value is -4.12. The number of halogens is 1. The number of carbonyl (C=O) groups is 5. The van der Waals surface area contributed by atoms with Crippen molar-refractivity contribution >= 4 is 47.1 Å². The third kappa shape index (κ3) is 14.7. The molecule has 0 saturated carbocycles. The van der Waals surface area contributed by atoms with Crippen LogP contribution in [0.2, 0.25) is 5.02 Å². The molecule has 0 aliphatic rings. The number of hydrogen-bond donors (Lipinski definition) is 4. The summed E-state index contributed by atoms with van der Waals surface area (Å²) in [7, 11) is 1.26. The third-order valence-electron chi connectivity index (χ3n) is 4.53. The molecule has 40 heavy (non-hydrogen) atoms. The summed E-state index contributed by atoms with van der Waals surface area (Å²) in [4.78, 5) is 57.3. The van der Waals surface area contributed by atoms with Gasteiger partial charge in [0.1, 0.15) is 5.60 Å². The molecule has 0 aromatic heterocycles. The van der Waals surface area contributed by atoms with Crippen LogP contribution in [0.4, 0.5) is 10.5 Å². The third-order valence-corrected chi connectivity index (χ3v) is 4.84. The molecule has 0 spiro atoms. The quantitative estimate of drug-likeness (QED) is 0.340. The smallest absolute Gasteiger partial charge is 0.412 e. The van der Waals surface area contributed by atoms with Gasteiger partial charge >= 0.3 is 12.1 Å². The zero-order valence-corrected chi connectivity index (χ0v) is 24.7. The highest BCUT2D eigenvalue weighted by Crippen LogP contribution is 2.18. The predicted octanol–water partition coefficient (Wildman–Crippen LogP) is 4.22.